The highest BCUT2D eigenvalue weighted by molar-refractivity contribution is 5.79. The lowest BCUT2D eigenvalue weighted by Gasteiger charge is -2.17. The van der Waals surface area contributed by atoms with Crippen LogP contribution in [-0.4, -0.2) is 23.9 Å². The first-order valence-corrected chi connectivity index (χ1v) is 5.37. The van der Waals surface area contributed by atoms with Gasteiger partial charge in [-0.3, -0.25) is 4.79 Å². The summed E-state index contributed by atoms with van der Waals surface area (Å²) in [5, 5.41) is 8.58. The molecule has 3 nitrogen and oxygen atoms in total. The van der Waals surface area contributed by atoms with Crippen LogP contribution in [0, 0.1) is 18.3 Å². The van der Waals surface area contributed by atoms with Crippen LogP contribution in [0.25, 0.3) is 0 Å². The normalized spacial score (nSPS) is 9.56. The molecule has 0 aliphatic carbocycles. The monoisotopic (exact) mass is 216 g/mol. The van der Waals surface area contributed by atoms with Crippen LogP contribution in [0.2, 0.25) is 0 Å². The van der Waals surface area contributed by atoms with Crippen molar-refractivity contribution in [3.8, 4) is 6.07 Å². The molecule has 0 saturated heterocycles. The molecule has 0 aromatic heterocycles. The van der Waals surface area contributed by atoms with Crippen LogP contribution in [0.15, 0.2) is 24.3 Å². The van der Waals surface area contributed by atoms with E-state index in [0.717, 1.165) is 11.1 Å². The van der Waals surface area contributed by atoms with Crippen molar-refractivity contribution in [2.45, 2.75) is 20.3 Å². The number of hydrogen-bond donors (Lipinski definition) is 0. The van der Waals surface area contributed by atoms with Crippen molar-refractivity contribution in [3.05, 3.63) is 35.4 Å². The second-order valence-corrected chi connectivity index (χ2v) is 3.73. The van der Waals surface area contributed by atoms with Crippen molar-refractivity contribution >= 4 is 5.91 Å². The molecule has 0 aliphatic rings. The molecule has 16 heavy (non-hydrogen) atoms. The van der Waals surface area contributed by atoms with Gasteiger partial charge in [0, 0.05) is 6.54 Å². The van der Waals surface area contributed by atoms with E-state index in [2.05, 4.69) is 0 Å². The first-order valence-electron chi connectivity index (χ1n) is 5.37. The Morgan fingerprint density at radius 2 is 2.25 bits per heavy atom. The van der Waals surface area contributed by atoms with Gasteiger partial charge >= 0.3 is 0 Å². The molecular formula is C13H16N2O. The molecule has 0 atom stereocenters. The van der Waals surface area contributed by atoms with Gasteiger partial charge in [0.05, 0.1) is 12.5 Å². The molecule has 0 spiro atoms. The summed E-state index contributed by atoms with van der Waals surface area (Å²) in [6, 6.07) is 9.88. The Labute approximate surface area is 96.3 Å². The summed E-state index contributed by atoms with van der Waals surface area (Å²) in [5.41, 5.74) is 2.15. The van der Waals surface area contributed by atoms with Gasteiger partial charge in [0.25, 0.3) is 0 Å². The molecule has 1 aromatic carbocycles. The zero-order valence-electron chi connectivity index (χ0n) is 9.73. The number of amides is 1. The molecule has 0 bridgehead atoms. The maximum absolute atomic E-state index is 11.8. The third kappa shape index (κ3) is 3.39. The van der Waals surface area contributed by atoms with E-state index in [0.29, 0.717) is 13.0 Å². The van der Waals surface area contributed by atoms with Crippen LogP contribution in [0.3, 0.4) is 0 Å². The van der Waals surface area contributed by atoms with Crippen molar-refractivity contribution in [1.82, 2.24) is 4.90 Å². The van der Waals surface area contributed by atoms with Gasteiger partial charge in [-0.1, -0.05) is 29.8 Å². The molecule has 1 rings (SSSR count). The average Bonchev–Trinajstić information content (AvgIpc) is 2.25. The van der Waals surface area contributed by atoms with Gasteiger partial charge in [-0.2, -0.15) is 5.26 Å². The maximum Gasteiger partial charge on any atom is 0.227 e. The molecule has 0 heterocycles. The molecule has 0 aliphatic heterocycles. The molecule has 0 N–H and O–H groups in total. The third-order valence-electron chi connectivity index (χ3n) is 2.43. The van der Waals surface area contributed by atoms with Crippen LogP contribution in [0.5, 0.6) is 0 Å². The number of carbonyl (C=O) groups excluding carboxylic acids is 1. The van der Waals surface area contributed by atoms with Crippen LogP contribution in [0.4, 0.5) is 0 Å². The minimum atomic E-state index is 0.00894. The lowest BCUT2D eigenvalue weighted by molar-refractivity contribution is -0.129. The third-order valence-corrected chi connectivity index (χ3v) is 2.43. The Kier molecular flexibility index (Phi) is 4.53. The predicted octanol–water partition coefficient (Wildman–Crippen LogP) is 1.91. The summed E-state index contributed by atoms with van der Waals surface area (Å²) < 4.78 is 0. The number of benzene rings is 1. The standard InChI is InChI=1S/C13H16N2O/c1-3-15(8-7-14)13(16)10-12-6-4-5-11(2)9-12/h4-6,9H,3,8,10H2,1-2H3. The second kappa shape index (κ2) is 5.92. The quantitative estimate of drug-likeness (QED) is 0.722. The van der Waals surface area contributed by atoms with Gasteiger partial charge < -0.3 is 4.90 Å². The van der Waals surface area contributed by atoms with Gasteiger partial charge in [-0.15, -0.1) is 0 Å². The highest BCUT2D eigenvalue weighted by Crippen LogP contribution is 2.06. The molecule has 3 heteroatoms. The summed E-state index contributed by atoms with van der Waals surface area (Å²) in [4.78, 5) is 13.4. The van der Waals surface area contributed by atoms with E-state index in [9.17, 15) is 4.79 Å². The van der Waals surface area contributed by atoms with Crippen molar-refractivity contribution in [2.75, 3.05) is 13.1 Å². The van der Waals surface area contributed by atoms with Gasteiger partial charge in [0.2, 0.25) is 5.91 Å². The smallest absolute Gasteiger partial charge is 0.227 e. The molecule has 1 aromatic rings. The van der Waals surface area contributed by atoms with Crippen molar-refractivity contribution < 1.29 is 4.79 Å². The van der Waals surface area contributed by atoms with E-state index in [1.165, 1.54) is 0 Å². The van der Waals surface area contributed by atoms with Gasteiger partial charge in [-0.25, -0.2) is 0 Å². The summed E-state index contributed by atoms with van der Waals surface area (Å²) in [5.74, 6) is 0.00894. The molecule has 0 unspecified atom stereocenters. The molecular weight excluding hydrogens is 200 g/mol. The highest BCUT2D eigenvalue weighted by Gasteiger charge is 2.11. The largest absolute Gasteiger partial charge is 0.329 e. The molecule has 0 saturated carbocycles. The molecule has 0 fully saturated rings. The first kappa shape index (κ1) is 12.3. The van der Waals surface area contributed by atoms with Crippen LogP contribution in [0.1, 0.15) is 18.1 Å². The Morgan fingerprint density at radius 1 is 1.50 bits per heavy atom. The van der Waals surface area contributed by atoms with E-state index in [1.54, 1.807) is 4.90 Å². The number of rotatable bonds is 4. The summed E-state index contributed by atoms with van der Waals surface area (Å²) in [6.45, 7) is 4.63. The Balaban J connectivity index is 2.67. The van der Waals surface area contributed by atoms with Crippen LogP contribution in [-0.2, 0) is 11.2 Å². The number of nitrogens with zero attached hydrogens (tertiary/aromatic N) is 2. The number of carbonyl (C=O) groups is 1. The number of aryl methyl sites for hydroxylation is 1. The van der Waals surface area contributed by atoms with Crippen LogP contribution >= 0.6 is 0 Å². The lowest BCUT2D eigenvalue weighted by atomic mass is 10.1. The van der Waals surface area contributed by atoms with E-state index in [1.807, 2.05) is 44.2 Å². The fourth-order valence-corrected chi connectivity index (χ4v) is 1.57. The van der Waals surface area contributed by atoms with E-state index in [4.69, 9.17) is 5.26 Å². The topological polar surface area (TPSA) is 44.1 Å². The van der Waals surface area contributed by atoms with Crippen molar-refractivity contribution in [3.63, 3.8) is 0 Å². The van der Waals surface area contributed by atoms with Crippen LogP contribution < -0.4 is 0 Å². The molecule has 0 radical (unpaired) electrons. The van der Waals surface area contributed by atoms with E-state index >= 15 is 0 Å². The fourth-order valence-electron chi connectivity index (χ4n) is 1.57. The second-order valence-electron chi connectivity index (χ2n) is 3.73. The zero-order chi connectivity index (χ0) is 12.0. The summed E-state index contributed by atoms with van der Waals surface area (Å²) >= 11 is 0. The number of hydrogen-bond acceptors (Lipinski definition) is 2. The Morgan fingerprint density at radius 3 is 2.81 bits per heavy atom. The van der Waals surface area contributed by atoms with Gasteiger partial charge in [0.15, 0.2) is 0 Å². The Hall–Kier alpha value is -1.82. The van der Waals surface area contributed by atoms with Gasteiger partial charge in [-0.05, 0) is 19.4 Å². The first-order chi connectivity index (χ1) is 7.67. The minimum Gasteiger partial charge on any atom is -0.329 e. The average molecular weight is 216 g/mol. The van der Waals surface area contributed by atoms with Crippen molar-refractivity contribution in [1.29, 1.82) is 5.26 Å². The van der Waals surface area contributed by atoms with Gasteiger partial charge in [0.1, 0.15) is 6.54 Å². The summed E-state index contributed by atoms with van der Waals surface area (Å²) in [7, 11) is 0. The Bertz CT molecular complexity index is 407. The molecule has 84 valence electrons. The maximum atomic E-state index is 11.8. The lowest BCUT2D eigenvalue weighted by Crippen LogP contribution is -2.32. The summed E-state index contributed by atoms with van der Waals surface area (Å²) in [6.07, 6.45) is 0.372. The SMILES string of the molecule is CCN(CC#N)C(=O)Cc1cccc(C)c1. The minimum absolute atomic E-state index is 0.00894. The fraction of sp³-hybridized carbons (Fsp3) is 0.385. The van der Waals surface area contributed by atoms with E-state index in [-0.39, 0.29) is 12.5 Å². The number of likely N-dealkylation sites (N-methyl/N-ethyl adjacent to an activating group) is 1. The highest BCUT2D eigenvalue weighted by atomic mass is 16.2. The molecule has 1 amide bonds. The zero-order valence-corrected chi connectivity index (χ0v) is 9.73. The number of nitriles is 1. The van der Waals surface area contributed by atoms with E-state index < -0.39 is 0 Å². The predicted molar refractivity (Wildman–Crippen MR) is 62.8 cm³/mol. The van der Waals surface area contributed by atoms with Crippen molar-refractivity contribution in [2.24, 2.45) is 0 Å².